The highest BCUT2D eigenvalue weighted by Gasteiger charge is 2.38. The van der Waals surface area contributed by atoms with Crippen molar-refractivity contribution in [3.63, 3.8) is 0 Å². The van der Waals surface area contributed by atoms with Crippen molar-refractivity contribution in [3.05, 3.63) is 35.9 Å². The van der Waals surface area contributed by atoms with E-state index >= 15 is 0 Å². The van der Waals surface area contributed by atoms with E-state index in [4.69, 9.17) is 4.74 Å². The summed E-state index contributed by atoms with van der Waals surface area (Å²) in [4.78, 5) is 14.4. The Morgan fingerprint density at radius 2 is 2.17 bits per heavy atom. The normalized spacial score (nSPS) is 22.2. The maximum absolute atomic E-state index is 12.5. The minimum Gasteiger partial charge on any atom is -0.395 e. The van der Waals surface area contributed by atoms with E-state index in [-0.39, 0.29) is 24.2 Å². The Morgan fingerprint density at radius 3 is 2.79 bits per heavy atom. The number of urea groups is 1. The van der Waals surface area contributed by atoms with Crippen LogP contribution in [0.3, 0.4) is 0 Å². The van der Waals surface area contributed by atoms with Gasteiger partial charge in [-0.3, -0.25) is 0 Å². The maximum atomic E-state index is 12.5. The molecule has 5 nitrogen and oxygen atoms in total. The summed E-state index contributed by atoms with van der Waals surface area (Å²) >= 11 is 0. The maximum Gasteiger partial charge on any atom is 0.317 e. The van der Waals surface area contributed by atoms with Crippen LogP contribution in [0.25, 0.3) is 0 Å². The van der Waals surface area contributed by atoms with Gasteiger partial charge in [-0.1, -0.05) is 43.7 Å². The Labute approximate surface area is 145 Å². The number of rotatable bonds is 7. The van der Waals surface area contributed by atoms with Crippen molar-refractivity contribution in [1.29, 1.82) is 0 Å². The molecule has 0 saturated carbocycles. The first-order chi connectivity index (χ1) is 11.6. The Hall–Kier alpha value is -1.59. The lowest BCUT2D eigenvalue weighted by Crippen LogP contribution is -2.53. The number of hydrogen-bond acceptors (Lipinski definition) is 3. The number of carbonyl (C=O) groups excluding carboxylic acids is 1. The van der Waals surface area contributed by atoms with Crippen molar-refractivity contribution in [2.24, 2.45) is 0 Å². The molecule has 1 aliphatic rings. The number of amides is 2. The minimum absolute atomic E-state index is 0.0529. The summed E-state index contributed by atoms with van der Waals surface area (Å²) in [7, 11) is 1.68. The molecule has 1 aromatic rings. The summed E-state index contributed by atoms with van der Waals surface area (Å²) in [6, 6.07) is 9.96. The Morgan fingerprint density at radius 1 is 1.42 bits per heavy atom. The number of hydrogen-bond donors (Lipinski definition) is 2. The third-order valence-corrected chi connectivity index (χ3v) is 4.98. The van der Waals surface area contributed by atoms with Gasteiger partial charge in [0.1, 0.15) is 0 Å². The van der Waals surface area contributed by atoms with Gasteiger partial charge < -0.3 is 20.1 Å². The molecule has 2 unspecified atom stereocenters. The minimum atomic E-state index is -0.360. The van der Waals surface area contributed by atoms with Crippen molar-refractivity contribution < 1.29 is 14.6 Å². The van der Waals surface area contributed by atoms with Gasteiger partial charge in [-0.05, 0) is 24.8 Å². The lowest BCUT2D eigenvalue weighted by Gasteiger charge is -2.42. The van der Waals surface area contributed by atoms with Gasteiger partial charge in [0.25, 0.3) is 0 Å². The number of likely N-dealkylation sites (tertiary alicyclic amines) is 1. The third kappa shape index (κ3) is 4.48. The van der Waals surface area contributed by atoms with Crippen LogP contribution >= 0.6 is 0 Å². The van der Waals surface area contributed by atoms with Crippen molar-refractivity contribution in [3.8, 4) is 0 Å². The largest absolute Gasteiger partial charge is 0.395 e. The van der Waals surface area contributed by atoms with E-state index in [9.17, 15) is 9.90 Å². The van der Waals surface area contributed by atoms with Gasteiger partial charge in [0.2, 0.25) is 0 Å². The monoisotopic (exact) mass is 334 g/mol. The molecule has 0 aromatic heterocycles. The smallest absolute Gasteiger partial charge is 0.317 e. The molecule has 1 aliphatic heterocycles. The summed E-state index contributed by atoms with van der Waals surface area (Å²) in [5, 5.41) is 13.0. The van der Waals surface area contributed by atoms with E-state index in [0.717, 1.165) is 37.8 Å². The molecular formula is C19H30N2O3. The number of methoxy groups -OCH3 is 1. The van der Waals surface area contributed by atoms with E-state index in [1.54, 1.807) is 7.11 Å². The molecule has 0 aliphatic carbocycles. The van der Waals surface area contributed by atoms with E-state index in [1.165, 1.54) is 0 Å². The molecule has 2 N–H and O–H groups in total. The number of aliphatic hydroxyl groups excluding tert-OH is 1. The van der Waals surface area contributed by atoms with Crippen LogP contribution in [0, 0.1) is 0 Å². The molecule has 2 atom stereocenters. The van der Waals surface area contributed by atoms with Crippen LogP contribution in [0.1, 0.15) is 38.2 Å². The molecule has 1 fully saturated rings. The topological polar surface area (TPSA) is 61.8 Å². The molecule has 2 rings (SSSR count). The van der Waals surface area contributed by atoms with E-state index in [0.29, 0.717) is 13.1 Å². The van der Waals surface area contributed by atoms with Gasteiger partial charge in [-0.15, -0.1) is 0 Å². The highest BCUT2D eigenvalue weighted by molar-refractivity contribution is 5.74. The van der Waals surface area contributed by atoms with E-state index < -0.39 is 0 Å². The summed E-state index contributed by atoms with van der Waals surface area (Å²) in [5.41, 5.74) is 0.742. The van der Waals surface area contributed by atoms with E-state index in [1.807, 2.05) is 35.2 Å². The lowest BCUT2D eigenvalue weighted by molar-refractivity contribution is 0.0844. The standard InChI is InChI=1S/C19H30N2O3/c1-3-8-17(24-2)13-20-18(23)21-12-7-11-19(14-21,15-22)16-9-5-4-6-10-16/h4-6,9-10,17,22H,3,7-8,11-15H2,1-2H3,(H,20,23). The number of nitrogens with one attached hydrogen (secondary N) is 1. The zero-order chi connectivity index (χ0) is 17.4. The molecule has 134 valence electrons. The van der Waals surface area contributed by atoms with Crippen molar-refractivity contribution in [2.45, 2.75) is 44.1 Å². The van der Waals surface area contributed by atoms with Crippen LogP contribution in [0.15, 0.2) is 30.3 Å². The molecule has 24 heavy (non-hydrogen) atoms. The summed E-state index contributed by atoms with van der Waals surface area (Å²) in [5.74, 6) is 0. The molecule has 0 spiro atoms. The average molecular weight is 334 g/mol. The number of aliphatic hydroxyl groups is 1. The first kappa shape index (κ1) is 18.7. The third-order valence-electron chi connectivity index (χ3n) is 4.98. The lowest BCUT2D eigenvalue weighted by atomic mass is 9.75. The first-order valence-electron chi connectivity index (χ1n) is 8.87. The second-order valence-corrected chi connectivity index (χ2v) is 6.66. The SMILES string of the molecule is CCCC(CNC(=O)N1CCCC(CO)(c2ccccc2)C1)OC. The van der Waals surface area contributed by atoms with Crippen LogP contribution < -0.4 is 5.32 Å². The van der Waals surface area contributed by atoms with Crippen LogP contribution in [-0.2, 0) is 10.2 Å². The highest BCUT2D eigenvalue weighted by Crippen LogP contribution is 2.33. The predicted molar refractivity (Wildman–Crippen MR) is 95.1 cm³/mol. The Kier molecular flexibility index (Phi) is 7.06. The fourth-order valence-corrected chi connectivity index (χ4v) is 3.49. The van der Waals surface area contributed by atoms with Crippen LogP contribution in [0.5, 0.6) is 0 Å². The highest BCUT2D eigenvalue weighted by atomic mass is 16.5. The predicted octanol–water partition coefficient (Wildman–Crippen LogP) is 2.54. The number of ether oxygens (including phenoxy) is 1. The van der Waals surface area contributed by atoms with Crippen molar-refractivity contribution in [2.75, 3.05) is 33.4 Å². The quantitative estimate of drug-likeness (QED) is 0.805. The zero-order valence-electron chi connectivity index (χ0n) is 14.8. The second-order valence-electron chi connectivity index (χ2n) is 6.66. The van der Waals surface area contributed by atoms with Gasteiger partial charge in [0.05, 0.1) is 12.7 Å². The van der Waals surface area contributed by atoms with Gasteiger partial charge in [0.15, 0.2) is 0 Å². The molecule has 0 radical (unpaired) electrons. The number of carbonyl (C=O) groups is 1. The first-order valence-corrected chi connectivity index (χ1v) is 8.87. The van der Waals surface area contributed by atoms with Gasteiger partial charge in [-0.25, -0.2) is 4.79 Å². The fraction of sp³-hybridized carbons (Fsp3) is 0.632. The van der Waals surface area contributed by atoms with E-state index in [2.05, 4.69) is 12.2 Å². The van der Waals surface area contributed by atoms with Gasteiger partial charge >= 0.3 is 6.03 Å². The van der Waals surface area contributed by atoms with Crippen molar-refractivity contribution >= 4 is 6.03 Å². The zero-order valence-corrected chi connectivity index (χ0v) is 14.8. The second kappa shape index (κ2) is 9.04. The Balaban J connectivity index is 2.00. The fourth-order valence-electron chi connectivity index (χ4n) is 3.49. The Bertz CT molecular complexity index is 509. The van der Waals surface area contributed by atoms with Gasteiger partial charge in [-0.2, -0.15) is 0 Å². The van der Waals surface area contributed by atoms with Gasteiger partial charge in [0, 0.05) is 32.2 Å². The van der Waals surface area contributed by atoms with Crippen LogP contribution in [0.2, 0.25) is 0 Å². The number of nitrogens with zero attached hydrogens (tertiary/aromatic N) is 1. The average Bonchev–Trinajstić information content (AvgIpc) is 2.65. The molecule has 0 bridgehead atoms. The number of piperidine rings is 1. The molecule has 2 amide bonds. The van der Waals surface area contributed by atoms with Crippen LogP contribution in [0.4, 0.5) is 4.79 Å². The molecule has 1 aromatic carbocycles. The number of benzene rings is 1. The molecular weight excluding hydrogens is 304 g/mol. The summed E-state index contributed by atoms with van der Waals surface area (Å²) < 4.78 is 5.39. The molecule has 1 saturated heterocycles. The van der Waals surface area contributed by atoms with Crippen LogP contribution in [-0.4, -0.2) is 55.5 Å². The molecule has 1 heterocycles. The summed E-state index contributed by atoms with van der Waals surface area (Å²) in [6.07, 6.45) is 3.81. The van der Waals surface area contributed by atoms with Crippen molar-refractivity contribution in [1.82, 2.24) is 10.2 Å². The molecule has 5 heteroatoms. The summed E-state index contributed by atoms with van der Waals surface area (Å²) in [6.45, 7) is 3.96.